The molecular formula is C54H60N10O14. The van der Waals surface area contributed by atoms with E-state index in [1.807, 2.05) is 24.9 Å². The van der Waals surface area contributed by atoms with Crippen molar-refractivity contribution in [1.82, 2.24) is 35.5 Å². The number of benzene rings is 2. The quantitative estimate of drug-likeness (QED) is 0.0915. The van der Waals surface area contributed by atoms with E-state index in [2.05, 4.69) is 37.5 Å². The zero-order valence-electron chi connectivity index (χ0n) is 42.9. The van der Waals surface area contributed by atoms with Gasteiger partial charge in [0.2, 0.25) is 17.8 Å². The van der Waals surface area contributed by atoms with Crippen molar-refractivity contribution in [2.45, 2.75) is 102 Å². The van der Waals surface area contributed by atoms with E-state index in [1.54, 1.807) is 54.7 Å². The molecule has 0 bridgehead atoms. The van der Waals surface area contributed by atoms with Gasteiger partial charge in [-0.3, -0.25) is 48.6 Å². The Morgan fingerprint density at radius 1 is 0.923 bits per heavy atom. The molecule has 9 atom stereocenters. The normalized spacial score (nSPS) is 27.1. The fraction of sp³-hybridized carbons (Fsp3) is 0.426. The minimum Gasteiger partial charge on any atom is -0.481 e. The van der Waals surface area contributed by atoms with E-state index in [0.29, 0.717) is 47.4 Å². The van der Waals surface area contributed by atoms with Gasteiger partial charge in [0.1, 0.15) is 24.3 Å². The van der Waals surface area contributed by atoms with E-state index in [9.17, 15) is 63.6 Å². The second kappa shape index (κ2) is 21.9. The number of aromatic nitrogens is 4. The SMILES string of the molecule is CN(Cc1cnc2nc(N)nc(N)c2n1)c1ccc(C(=O)N[C@@H](CCC(=O)O)C(=O)O)cc1.C[C@]12C=CC(=O)C=C1CC[C@@H]1[C@@H]2[C@@H](O)C[C@@]2(C)[C@H]1CC[C@]2(O)C(=O)CO.O=C1CCC(N2C(=O)c3ccccc3C2=O)C(=O)N1. The Morgan fingerprint density at radius 3 is 2.23 bits per heavy atom. The van der Waals surface area contributed by atoms with E-state index in [1.165, 1.54) is 12.1 Å². The van der Waals surface area contributed by atoms with Crippen LogP contribution in [-0.4, -0.2) is 141 Å². The molecule has 4 aromatic rings. The van der Waals surface area contributed by atoms with Crippen molar-refractivity contribution in [2.75, 3.05) is 30.0 Å². The van der Waals surface area contributed by atoms with Gasteiger partial charge in [-0.1, -0.05) is 37.6 Å². The number of allylic oxidation sites excluding steroid dienone is 4. The molecule has 78 heavy (non-hydrogen) atoms. The molecule has 11 N–H and O–H groups in total. The zero-order chi connectivity index (χ0) is 56.6. The van der Waals surface area contributed by atoms with Crippen LogP contribution in [-0.2, 0) is 35.3 Å². The van der Waals surface area contributed by atoms with Crippen LogP contribution < -0.4 is 27.0 Å². The van der Waals surface area contributed by atoms with Gasteiger partial charge in [0, 0.05) is 47.9 Å². The molecule has 1 unspecified atom stereocenters. The third-order valence-corrected chi connectivity index (χ3v) is 16.3. The average Bonchev–Trinajstić information content (AvgIpc) is 3.96. The molecule has 6 aliphatic rings. The summed E-state index contributed by atoms with van der Waals surface area (Å²) >= 11 is 0. The molecule has 0 spiro atoms. The highest BCUT2D eigenvalue weighted by molar-refractivity contribution is 6.23. The molecular weight excluding hydrogens is 1010 g/mol. The number of piperidine rings is 1. The molecule has 2 aliphatic heterocycles. The Morgan fingerprint density at radius 2 is 1.60 bits per heavy atom. The second-order valence-corrected chi connectivity index (χ2v) is 20.9. The number of nitrogens with one attached hydrogen (secondary N) is 2. The largest absolute Gasteiger partial charge is 0.481 e. The summed E-state index contributed by atoms with van der Waals surface area (Å²) in [4.78, 5) is 125. The molecule has 2 aromatic heterocycles. The van der Waals surface area contributed by atoms with E-state index >= 15 is 0 Å². The highest BCUT2D eigenvalue weighted by Crippen LogP contribution is 2.67. The summed E-state index contributed by atoms with van der Waals surface area (Å²) < 4.78 is 0. The molecule has 4 fully saturated rings. The van der Waals surface area contributed by atoms with Crippen molar-refractivity contribution in [3.63, 3.8) is 0 Å². The van der Waals surface area contributed by atoms with Crippen LogP contribution in [0.3, 0.4) is 0 Å². The number of aliphatic hydroxyl groups is 3. The Hall–Kier alpha value is -8.35. The molecule has 3 saturated carbocycles. The third kappa shape index (κ3) is 10.6. The number of Topliss-reactive ketones (excluding diaryl/α,β-unsaturated/α-hetero) is 1. The number of hydrogen-bond donors (Lipinski definition) is 9. The number of anilines is 3. The number of fused-ring (bicyclic) bond motifs is 7. The first-order chi connectivity index (χ1) is 36.9. The van der Waals surface area contributed by atoms with Crippen molar-refractivity contribution in [2.24, 2.45) is 28.6 Å². The minimum atomic E-state index is -1.56. The highest BCUT2D eigenvalue weighted by atomic mass is 16.4. The van der Waals surface area contributed by atoms with Crippen LogP contribution >= 0.6 is 0 Å². The molecule has 5 amide bonds. The van der Waals surface area contributed by atoms with Crippen LogP contribution in [0.25, 0.3) is 11.2 Å². The monoisotopic (exact) mass is 1070 g/mol. The van der Waals surface area contributed by atoms with E-state index in [4.69, 9.17) is 16.6 Å². The predicted molar refractivity (Wildman–Crippen MR) is 276 cm³/mol. The lowest BCUT2D eigenvalue weighted by atomic mass is 9.46. The number of hydrogen-bond acceptors (Lipinski definition) is 19. The molecule has 24 heteroatoms. The van der Waals surface area contributed by atoms with Gasteiger partial charge in [-0.15, -0.1) is 0 Å². The molecule has 4 heterocycles. The van der Waals surface area contributed by atoms with Gasteiger partial charge in [-0.25, -0.2) is 14.8 Å². The summed E-state index contributed by atoms with van der Waals surface area (Å²) in [6.45, 7) is 3.71. The van der Waals surface area contributed by atoms with Crippen LogP contribution in [0.1, 0.15) is 108 Å². The van der Waals surface area contributed by atoms with Gasteiger partial charge in [0.15, 0.2) is 28.5 Å². The van der Waals surface area contributed by atoms with E-state index in [-0.39, 0.29) is 77.9 Å². The van der Waals surface area contributed by atoms with Crippen molar-refractivity contribution in [3.05, 3.63) is 101 Å². The van der Waals surface area contributed by atoms with Gasteiger partial charge < -0.3 is 47.2 Å². The number of nitrogens with two attached hydrogens (primary N) is 2. The number of imide groups is 2. The summed E-state index contributed by atoms with van der Waals surface area (Å²) in [5, 5.41) is 54.1. The number of nitrogen functional groups attached to an aromatic ring is 2. The molecule has 4 aliphatic carbocycles. The smallest absolute Gasteiger partial charge is 0.326 e. The van der Waals surface area contributed by atoms with Crippen molar-refractivity contribution in [1.29, 1.82) is 0 Å². The Bertz CT molecular complexity index is 3170. The van der Waals surface area contributed by atoms with Crippen LogP contribution in [0.15, 0.2) is 78.5 Å². The molecule has 24 nitrogen and oxygen atoms in total. The maximum absolute atomic E-state index is 12.4. The number of nitrogens with zero attached hydrogens (tertiary/aromatic N) is 6. The maximum atomic E-state index is 12.4. The van der Waals surface area contributed by atoms with Gasteiger partial charge in [-0.05, 0) is 105 Å². The van der Waals surface area contributed by atoms with Gasteiger partial charge >= 0.3 is 11.9 Å². The van der Waals surface area contributed by atoms with Crippen LogP contribution in [0.5, 0.6) is 0 Å². The lowest BCUT2D eigenvalue weighted by Gasteiger charge is -2.59. The van der Waals surface area contributed by atoms with Crippen molar-refractivity contribution < 1.29 is 68.7 Å². The molecule has 410 valence electrons. The number of carbonyl (C=O) groups is 9. The van der Waals surface area contributed by atoms with Crippen LogP contribution in [0.4, 0.5) is 17.5 Å². The Balaban J connectivity index is 0.000000160. The first kappa shape index (κ1) is 55.9. The fourth-order valence-electron chi connectivity index (χ4n) is 12.4. The molecule has 1 saturated heterocycles. The first-order valence-corrected chi connectivity index (χ1v) is 25.3. The number of aliphatic hydroxyl groups excluding tert-OH is 2. The number of carbonyl (C=O) groups excluding carboxylic acids is 7. The summed E-state index contributed by atoms with van der Waals surface area (Å²) in [7, 11) is 1.82. The lowest BCUT2D eigenvalue weighted by Crippen LogP contribution is -2.61. The van der Waals surface area contributed by atoms with E-state index in [0.717, 1.165) is 35.4 Å². The van der Waals surface area contributed by atoms with Crippen molar-refractivity contribution >= 4 is 81.7 Å². The number of rotatable bonds is 12. The molecule has 0 radical (unpaired) electrons. The number of amides is 5. The maximum Gasteiger partial charge on any atom is 0.326 e. The predicted octanol–water partition coefficient (Wildman–Crippen LogP) is 1.91. The van der Waals surface area contributed by atoms with Crippen LogP contribution in [0.2, 0.25) is 0 Å². The Labute approximate surface area is 446 Å². The highest BCUT2D eigenvalue weighted by Gasteiger charge is 2.68. The van der Waals surface area contributed by atoms with Crippen molar-refractivity contribution in [3.8, 4) is 0 Å². The fourth-order valence-corrected chi connectivity index (χ4v) is 12.4. The number of aliphatic carboxylic acids is 2. The third-order valence-electron chi connectivity index (χ3n) is 16.3. The van der Waals surface area contributed by atoms with Gasteiger partial charge in [-0.2, -0.15) is 9.97 Å². The number of carboxylic acid groups (broad SMARTS) is 2. The minimum absolute atomic E-state index is 0.00912. The zero-order valence-corrected chi connectivity index (χ0v) is 42.9. The van der Waals surface area contributed by atoms with Crippen LogP contribution in [0, 0.1) is 28.6 Å². The summed E-state index contributed by atoms with van der Waals surface area (Å²) in [5.74, 6) is -5.06. The average molecular weight is 1070 g/mol. The second-order valence-electron chi connectivity index (χ2n) is 20.9. The molecule has 2 aromatic carbocycles. The summed E-state index contributed by atoms with van der Waals surface area (Å²) in [6.07, 6.45) is 8.95. The molecule has 10 rings (SSSR count). The van der Waals surface area contributed by atoms with Gasteiger partial charge in [0.05, 0.1) is 35.7 Å². The van der Waals surface area contributed by atoms with E-state index < -0.39 is 77.2 Å². The standard InChI is InChI=1S/C21H28O5.C20H22N8O5.C13H10N2O4/c1-19-7-5-13(23)9-12(19)3-4-14-15-6-8-21(26,17(25)11-22)20(15,2)10-16(24)18(14)19;1-28(9-11-8-23-17-15(24-11)16(21)26-20(22)27-17)12-4-2-10(3-5-12)18(31)25-13(19(32)33)6-7-14(29)30;16-10-6-5-9(11(17)14-10)15-12(18)7-3-1-2-4-8(7)13(15)19/h5,7,9,14-16,18,22,24,26H,3-4,6,8,10-11H2,1-2H3;2-5,8,13H,6-7,9H2,1H3,(H,25,31)(H,29,30)(H,32,33)(H4,21,22,23,26,27);1-4,9H,5-6H2,(H,14,16,17)/t14-,15-,16-,18+,19-,20-,21-;13-;/m00./s1. The summed E-state index contributed by atoms with van der Waals surface area (Å²) in [6, 6.07) is 10.7. The first-order valence-electron chi connectivity index (χ1n) is 25.3. The van der Waals surface area contributed by atoms with Gasteiger partial charge in [0.25, 0.3) is 17.7 Å². The Kier molecular flexibility index (Phi) is 15.7. The lowest BCUT2D eigenvalue weighted by molar-refractivity contribution is -0.178. The number of carboxylic acids is 2. The topological polar surface area (TPSA) is 389 Å². The summed E-state index contributed by atoms with van der Waals surface area (Å²) in [5.41, 5.74) is 12.7. The number of ketones is 2.